The third-order valence-electron chi connectivity index (χ3n) is 6.00. The van der Waals surface area contributed by atoms with Crippen molar-refractivity contribution >= 4 is 34.7 Å². The number of likely N-dealkylation sites (tertiary alicyclic amines) is 1. The number of rotatable bonds is 12. The summed E-state index contributed by atoms with van der Waals surface area (Å²) in [6.45, 7) is 0.633. The van der Waals surface area contributed by atoms with Gasteiger partial charge in [-0.05, 0) is 48.4 Å². The van der Waals surface area contributed by atoms with Crippen LogP contribution in [-0.4, -0.2) is 62.2 Å². The normalized spacial score (nSPS) is 17.0. The van der Waals surface area contributed by atoms with Crippen LogP contribution in [0.5, 0.6) is 0 Å². The Morgan fingerprint density at radius 1 is 1.23 bits per heavy atom. The zero-order valence-corrected chi connectivity index (χ0v) is 20.3. The molecule has 2 N–H and O–H groups in total. The average molecular weight is 495 g/mol. The molecule has 1 saturated heterocycles. The summed E-state index contributed by atoms with van der Waals surface area (Å²) in [4.78, 5) is 29.3. The van der Waals surface area contributed by atoms with Crippen molar-refractivity contribution in [1.82, 2.24) is 9.88 Å². The number of oxazole rings is 1. The van der Waals surface area contributed by atoms with Gasteiger partial charge in [-0.15, -0.1) is 0 Å². The third kappa shape index (κ3) is 6.96. The molecule has 1 amide bonds. The highest BCUT2D eigenvalue weighted by atomic mass is 32.2. The number of carboxylic acid groups (broad SMARTS) is 1. The molecule has 1 aromatic heterocycles. The number of amides is 1. The number of nitrogens with zero attached hydrogens (tertiary/aromatic N) is 2. The second-order valence-corrected chi connectivity index (χ2v) is 9.87. The first-order valence-electron chi connectivity index (χ1n) is 11.9. The fourth-order valence-corrected chi connectivity index (χ4v) is 5.11. The lowest BCUT2D eigenvalue weighted by Crippen LogP contribution is -2.34. The molecular weight excluding hydrogens is 464 g/mol. The van der Waals surface area contributed by atoms with Crippen LogP contribution < -0.4 is 0 Å². The first kappa shape index (κ1) is 25.0. The Morgan fingerprint density at radius 2 is 2.09 bits per heavy atom. The van der Waals surface area contributed by atoms with Crippen LogP contribution in [0.4, 0.5) is 0 Å². The van der Waals surface area contributed by atoms with Crippen molar-refractivity contribution in [2.75, 3.05) is 18.1 Å². The molecule has 0 aliphatic carbocycles. The third-order valence-corrected chi connectivity index (χ3v) is 7.05. The molecule has 1 aliphatic heterocycles. The Bertz CT molecular complexity index is 1160. The van der Waals surface area contributed by atoms with Gasteiger partial charge in [0, 0.05) is 37.1 Å². The molecular formula is C27H30N2O5S. The number of aliphatic hydroxyl groups is 1. The summed E-state index contributed by atoms with van der Waals surface area (Å²) in [5.41, 5.74) is 3.39. The fourth-order valence-electron chi connectivity index (χ4n) is 4.23. The van der Waals surface area contributed by atoms with E-state index >= 15 is 0 Å². The molecule has 3 aromatic rings. The second-order valence-electron chi connectivity index (χ2n) is 8.65. The number of hydrogen-bond acceptors (Lipinski definition) is 6. The van der Waals surface area contributed by atoms with E-state index in [4.69, 9.17) is 9.52 Å². The van der Waals surface area contributed by atoms with Crippen LogP contribution in [0, 0.1) is 0 Å². The van der Waals surface area contributed by atoms with Gasteiger partial charge < -0.3 is 19.5 Å². The minimum Gasteiger partial charge on any atom is -0.481 e. The van der Waals surface area contributed by atoms with Crippen LogP contribution in [0.25, 0.3) is 22.6 Å². The van der Waals surface area contributed by atoms with Crippen LogP contribution in [0.2, 0.25) is 0 Å². The zero-order chi connectivity index (χ0) is 24.6. The Morgan fingerprint density at radius 3 is 2.91 bits per heavy atom. The van der Waals surface area contributed by atoms with Crippen molar-refractivity contribution in [3.8, 4) is 11.5 Å². The summed E-state index contributed by atoms with van der Waals surface area (Å²) >= 11 is 1.67. The molecule has 7 nitrogen and oxygen atoms in total. The summed E-state index contributed by atoms with van der Waals surface area (Å²) < 4.78 is 5.86. The van der Waals surface area contributed by atoms with Crippen LogP contribution in [0.15, 0.2) is 65.1 Å². The van der Waals surface area contributed by atoms with Gasteiger partial charge >= 0.3 is 5.97 Å². The summed E-state index contributed by atoms with van der Waals surface area (Å²) in [5, 5.41) is 19.3. The summed E-state index contributed by atoms with van der Waals surface area (Å²) in [7, 11) is 0. The van der Waals surface area contributed by atoms with Gasteiger partial charge in [-0.1, -0.05) is 36.4 Å². The molecule has 0 bridgehead atoms. The quantitative estimate of drug-likeness (QED) is 0.281. The van der Waals surface area contributed by atoms with E-state index in [1.807, 2.05) is 59.5 Å². The molecule has 184 valence electrons. The molecule has 2 heterocycles. The van der Waals surface area contributed by atoms with Gasteiger partial charge in [0.25, 0.3) is 0 Å². The highest BCUT2D eigenvalue weighted by Gasteiger charge is 2.28. The lowest BCUT2D eigenvalue weighted by atomic mass is 10.0. The van der Waals surface area contributed by atoms with Crippen LogP contribution in [0.1, 0.15) is 31.2 Å². The van der Waals surface area contributed by atoms with E-state index in [1.165, 1.54) is 0 Å². The van der Waals surface area contributed by atoms with Gasteiger partial charge in [-0.2, -0.15) is 11.8 Å². The number of carbonyl (C=O) groups is 2. The second kappa shape index (κ2) is 12.0. The monoisotopic (exact) mass is 494 g/mol. The van der Waals surface area contributed by atoms with E-state index in [0.717, 1.165) is 40.2 Å². The molecule has 2 aromatic carbocycles. The first-order chi connectivity index (χ1) is 17.0. The highest BCUT2D eigenvalue weighted by Crippen LogP contribution is 2.25. The van der Waals surface area contributed by atoms with Gasteiger partial charge in [-0.3, -0.25) is 9.59 Å². The Balaban J connectivity index is 1.30. The maximum absolute atomic E-state index is 12.3. The average Bonchev–Trinajstić information content (AvgIpc) is 3.43. The molecule has 35 heavy (non-hydrogen) atoms. The molecule has 1 fully saturated rings. The maximum Gasteiger partial charge on any atom is 0.303 e. The summed E-state index contributed by atoms with van der Waals surface area (Å²) in [5.74, 6) is 1.46. The van der Waals surface area contributed by atoms with Crippen molar-refractivity contribution in [1.29, 1.82) is 0 Å². The van der Waals surface area contributed by atoms with E-state index in [0.29, 0.717) is 31.7 Å². The van der Waals surface area contributed by atoms with Crippen molar-refractivity contribution in [3.05, 3.63) is 66.2 Å². The van der Waals surface area contributed by atoms with E-state index in [2.05, 4.69) is 4.98 Å². The SMILES string of the molecule is O=C(O)CCCSCCN1C(=O)CC[C@@H]1C=C[C@@H](O)Cc1cccc(-c2nc3ccccc3o2)c1. The Labute approximate surface area is 208 Å². The van der Waals surface area contributed by atoms with E-state index in [9.17, 15) is 14.7 Å². The predicted molar refractivity (Wildman–Crippen MR) is 137 cm³/mol. The summed E-state index contributed by atoms with van der Waals surface area (Å²) in [6.07, 6.45) is 5.58. The first-order valence-corrected chi connectivity index (χ1v) is 13.1. The number of fused-ring (bicyclic) bond motifs is 1. The molecule has 0 radical (unpaired) electrons. The van der Waals surface area contributed by atoms with Gasteiger partial charge in [-0.25, -0.2) is 4.98 Å². The zero-order valence-electron chi connectivity index (χ0n) is 19.5. The number of aliphatic carboxylic acids is 1. The summed E-state index contributed by atoms with van der Waals surface area (Å²) in [6, 6.07) is 15.5. The van der Waals surface area contributed by atoms with E-state index < -0.39 is 12.1 Å². The smallest absolute Gasteiger partial charge is 0.303 e. The van der Waals surface area contributed by atoms with Gasteiger partial charge in [0.15, 0.2) is 5.58 Å². The number of carboxylic acids is 1. The largest absolute Gasteiger partial charge is 0.481 e. The topological polar surface area (TPSA) is 104 Å². The van der Waals surface area contributed by atoms with Crippen molar-refractivity contribution in [2.45, 2.75) is 44.2 Å². The molecule has 0 saturated carbocycles. The molecule has 4 rings (SSSR count). The van der Waals surface area contributed by atoms with Crippen LogP contribution >= 0.6 is 11.8 Å². The number of aromatic nitrogens is 1. The van der Waals surface area contributed by atoms with Crippen LogP contribution in [0.3, 0.4) is 0 Å². The minimum atomic E-state index is -0.776. The van der Waals surface area contributed by atoms with Gasteiger partial charge in [0.1, 0.15) is 5.52 Å². The molecule has 0 unspecified atom stereocenters. The van der Waals surface area contributed by atoms with E-state index in [-0.39, 0.29) is 18.4 Å². The number of benzene rings is 2. The van der Waals surface area contributed by atoms with Crippen molar-refractivity contribution in [3.63, 3.8) is 0 Å². The Kier molecular flexibility index (Phi) is 8.60. The number of thioether (sulfide) groups is 1. The molecule has 8 heteroatoms. The standard InChI is InChI=1S/C27H30N2O5S/c30-22(12-10-21-11-13-25(31)29(21)14-16-35-15-4-9-26(32)33)18-19-5-3-6-20(17-19)27-28-23-7-1-2-8-24(23)34-27/h1-3,5-8,10,12,17,21-22,30H,4,9,11,13-16,18H2,(H,32,33)/t21-,22+/m0/s1. The van der Waals surface area contributed by atoms with Crippen molar-refractivity contribution in [2.24, 2.45) is 0 Å². The highest BCUT2D eigenvalue weighted by molar-refractivity contribution is 7.99. The maximum atomic E-state index is 12.3. The van der Waals surface area contributed by atoms with Crippen LogP contribution in [-0.2, 0) is 16.0 Å². The predicted octanol–water partition coefficient (Wildman–Crippen LogP) is 4.54. The fraction of sp³-hybridized carbons (Fsp3) is 0.370. The van der Waals surface area contributed by atoms with E-state index in [1.54, 1.807) is 17.8 Å². The molecule has 2 atom stereocenters. The number of aliphatic hydroxyl groups excluding tert-OH is 1. The van der Waals surface area contributed by atoms with Gasteiger partial charge in [0.2, 0.25) is 11.8 Å². The number of hydrogen-bond donors (Lipinski definition) is 2. The Hall–Kier alpha value is -3.10. The molecule has 0 spiro atoms. The molecule has 1 aliphatic rings. The number of carbonyl (C=O) groups excluding carboxylic acids is 1. The lowest BCUT2D eigenvalue weighted by molar-refractivity contribution is -0.137. The lowest BCUT2D eigenvalue weighted by Gasteiger charge is -2.22. The van der Waals surface area contributed by atoms with Gasteiger partial charge in [0.05, 0.1) is 12.1 Å². The minimum absolute atomic E-state index is 0.0112. The number of para-hydroxylation sites is 2. The van der Waals surface area contributed by atoms with Crippen molar-refractivity contribution < 1.29 is 24.2 Å².